The molecule has 2 aliphatic heterocycles. The monoisotopic (exact) mass is 483 g/mol. The average molecular weight is 483 g/mol. The fourth-order valence-corrected chi connectivity index (χ4v) is 4.63. The van der Waals surface area contributed by atoms with Crippen LogP contribution in [0.25, 0.3) is 0 Å². The van der Waals surface area contributed by atoms with Crippen molar-refractivity contribution in [1.82, 2.24) is 0 Å². The van der Waals surface area contributed by atoms with Gasteiger partial charge in [0.25, 0.3) is 10.0 Å². The highest BCUT2D eigenvalue weighted by Crippen LogP contribution is 2.33. The molecule has 176 valence electrons. The van der Waals surface area contributed by atoms with Crippen LogP contribution in [-0.4, -0.2) is 46.9 Å². The van der Waals surface area contributed by atoms with E-state index in [1.54, 1.807) is 24.3 Å². The molecule has 0 fully saturated rings. The average Bonchev–Trinajstić information content (AvgIpc) is 2.87. The SMILES string of the molecule is O=C(OCC1COc2ccccc2O1)c1ccccc1NS(=O)(=O)c1ccc2c(c1)OCCO2. The third kappa shape index (κ3) is 4.58. The number of anilines is 1. The maximum absolute atomic E-state index is 13.0. The van der Waals surface area contributed by atoms with E-state index in [4.69, 9.17) is 23.7 Å². The van der Waals surface area contributed by atoms with Crippen LogP contribution in [0.3, 0.4) is 0 Å². The molecule has 10 heteroatoms. The first kappa shape index (κ1) is 21.9. The molecule has 0 aliphatic carbocycles. The standard InChI is InChI=1S/C24H21NO8S/c26-24(32-15-16-14-31-20-7-3-4-8-22(20)33-16)18-5-1-2-6-19(18)25-34(27,28)17-9-10-21-23(13-17)30-12-11-29-21/h1-10,13,16,25H,11-12,14-15H2. The molecule has 1 unspecified atom stereocenters. The van der Waals surface area contributed by atoms with Crippen LogP contribution < -0.4 is 23.7 Å². The second-order valence-electron chi connectivity index (χ2n) is 7.55. The maximum Gasteiger partial charge on any atom is 0.340 e. The molecular formula is C24H21NO8S. The zero-order valence-electron chi connectivity index (χ0n) is 17.9. The quantitative estimate of drug-likeness (QED) is 0.532. The van der Waals surface area contributed by atoms with Crippen molar-refractivity contribution in [2.24, 2.45) is 0 Å². The second-order valence-corrected chi connectivity index (χ2v) is 9.24. The smallest absolute Gasteiger partial charge is 0.340 e. The Morgan fingerprint density at radius 1 is 0.882 bits per heavy atom. The summed E-state index contributed by atoms with van der Waals surface area (Å²) < 4.78 is 56.2. The van der Waals surface area contributed by atoms with E-state index in [-0.39, 0.29) is 29.4 Å². The number of hydrogen-bond acceptors (Lipinski definition) is 8. The molecule has 2 heterocycles. The van der Waals surface area contributed by atoms with Crippen LogP contribution in [0.2, 0.25) is 0 Å². The maximum atomic E-state index is 13.0. The molecule has 5 rings (SSSR count). The van der Waals surface area contributed by atoms with Crippen LogP contribution in [0.15, 0.2) is 71.6 Å². The number of benzene rings is 3. The van der Waals surface area contributed by atoms with Gasteiger partial charge in [-0.25, -0.2) is 13.2 Å². The molecule has 0 saturated carbocycles. The van der Waals surface area contributed by atoms with Gasteiger partial charge in [0.15, 0.2) is 29.1 Å². The Labute approximate surface area is 196 Å². The minimum atomic E-state index is -4.01. The molecule has 0 amide bonds. The minimum Gasteiger partial charge on any atom is -0.486 e. The fraction of sp³-hybridized carbons (Fsp3) is 0.208. The van der Waals surface area contributed by atoms with Crippen LogP contribution in [0.1, 0.15) is 10.4 Å². The Morgan fingerprint density at radius 2 is 1.59 bits per heavy atom. The van der Waals surface area contributed by atoms with E-state index in [0.29, 0.717) is 36.2 Å². The molecule has 2 aliphatic rings. The second kappa shape index (κ2) is 9.14. The zero-order valence-corrected chi connectivity index (χ0v) is 18.7. The highest BCUT2D eigenvalue weighted by molar-refractivity contribution is 7.92. The lowest BCUT2D eigenvalue weighted by molar-refractivity contribution is 0.0110. The number of rotatable bonds is 6. The normalized spacial score (nSPS) is 16.4. The third-order valence-corrected chi connectivity index (χ3v) is 6.55. The van der Waals surface area contributed by atoms with Gasteiger partial charge in [-0.1, -0.05) is 24.3 Å². The molecule has 0 spiro atoms. The van der Waals surface area contributed by atoms with Crippen LogP contribution in [-0.2, 0) is 14.8 Å². The Morgan fingerprint density at radius 3 is 2.44 bits per heavy atom. The highest BCUT2D eigenvalue weighted by atomic mass is 32.2. The van der Waals surface area contributed by atoms with E-state index < -0.39 is 22.1 Å². The molecule has 0 bridgehead atoms. The summed E-state index contributed by atoms with van der Waals surface area (Å²) >= 11 is 0. The van der Waals surface area contributed by atoms with Gasteiger partial charge in [-0.3, -0.25) is 4.72 Å². The first-order chi connectivity index (χ1) is 16.5. The van der Waals surface area contributed by atoms with Gasteiger partial charge in [0.2, 0.25) is 0 Å². The van der Waals surface area contributed by atoms with Gasteiger partial charge in [-0.05, 0) is 36.4 Å². The fourth-order valence-electron chi connectivity index (χ4n) is 3.54. The molecular weight excluding hydrogens is 462 g/mol. The van der Waals surface area contributed by atoms with Gasteiger partial charge in [0.05, 0.1) is 16.1 Å². The highest BCUT2D eigenvalue weighted by Gasteiger charge is 2.25. The van der Waals surface area contributed by atoms with Crippen molar-refractivity contribution >= 4 is 21.7 Å². The Hall–Kier alpha value is -3.92. The van der Waals surface area contributed by atoms with Crippen molar-refractivity contribution in [1.29, 1.82) is 0 Å². The molecule has 34 heavy (non-hydrogen) atoms. The molecule has 1 atom stereocenters. The molecule has 0 aromatic heterocycles. The van der Waals surface area contributed by atoms with E-state index in [0.717, 1.165) is 0 Å². The van der Waals surface area contributed by atoms with Gasteiger partial charge in [-0.2, -0.15) is 0 Å². The van der Waals surface area contributed by atoms with Crippen LogP contribution >= 0.6 is 0 Å². The minimum absolute atomic E-state index is 0.0219. The molecule has 3 aromatic carbocycles. The van der Waals surface area contributed by atoms with Gasteiger partial charge in [-0.15, -0.1) is 0 Å². The van der Waals surface area contributed by atoms with Crippen molar-refractivity contribution in [3.8, 4) is 23.0 Å². The van der Waals surface area contributed by atoms with Crippen LogP contribution in [0, 0.1) is 0 Å². The summed E-state index contributed by atoms with van der Waals surface area (Å²) in [5.74, 6) is 1.33. The number of hydrogen-bond donors (Lipinski definition) is 1. The third-order valence-electron chi connectivity index (χ3n) is 5.18. The Kier molecular flexibility index (Phi) is 5.89. The van der Waals surface area contributed by atoms with E-state index >= 15 is 0 Å². The number of sulfonamides is 1. The summed E-state index contributed by atoms with van der Waals surface area (Å²) in [5, 5.41) is 0. The molecule has 1 N–H and O–H groups in total. The lowest BCUT2D eigenvalue weighted by Crippen LogP contribution is -2.34. The van der Waals surface area contributed by atoms with Crippen molar-refractivity contribution in [2.75, 3.05) is 31.1 Å². The zero-order chi connectivity index (χ0) is 23.5. The number of para-hydroxylation sites is 3. The topological polar surface area (TPSA) is 109 Å². The number of carbonyl (C=O) groups is 1. The first-order valence-electron chi connectivity index (χ1n) is 10.6. The number of nitrogens with one attached hydrogen (secondary N) is 1. The summed E-state index contributed by atoms with van der Waals surface area (Å²) in [4.78, 5) is 12.8. The van der Waals surface area contributed by atoms with Gasteiger partial charge in [0.1, 0.15) is 26.4 Å². The van der Waals surface area contributed by atoms with Crippen molar-refractivity contribution in [3.63, 3.8) is 0 Å². The number of esters is 1. The number of carbonyl (C=O) groups excluding carboxylic acids is 1. The summed E-state index contributed by atoms with van der Waals surface area (Å²) in [5.41, 5.74) is 0.161. The molecule has 0 saturated heterocycles. The molecule has 0 radical (unpaired) electrons. The summed E-state index contributed by atoms with van der Waals surface area (Å²) in [6.07, 6.45) is -0.486. The summed E-state index contributed by atoms with van der Waals surface area (Å²) in [6, 6.07) is 17.8. The predicted octanol–water partition coefficient (Wildman–Crippen LogP) is 3.26. The van der Waals surface area contributed by atoms with E-state index in [1.807, 2.05) is 12.1 Å². The lowest BCUT2D eigenvalue weighted by atomic mass is 10.2. The van der Waals surface area contributed by atoms with E-state index in [9.17, 15) is 13.2 Å². The molecule has 3 aromatic rings. The van der Waals surface area contributed by atoms with E-state index in [1.165, 1.54) is 30.3 Å². The van der Waals surface area contributed by atoms with Gasteiger partial charge >= 0.3 is 5.97 Å². The first-order valence-corrected chi connectivity index (χ1v) is 12.0. The summed E-state index contributed by atoms with van der Waals surface area (Å²) in [6.45, 7) is 0.899. The van der Waals surface area contributed by atoms with Gasteiger partial charge in [0, 0.05) is 6.07 Å². The predicted molar refractivity (Wildman–Crippen MR) is 121 cm³/mol. The van der Waals surface area contributed by atoms with Gasteiger partial charge < -0.3 is 23.7 Å². The van der Waals surface area contributed by atoms with Crippen molar-refractivity contribution in [3.05, 3.63) is 72.3 Å². The van der Waals surface area contributed by atoms with Crippen molar-refractivity contribution in [2.45, 2.75) is 11.0 Å². The number of ether oxygens (including phenoxy) is 5. The Balaban J connectivity index is 1.28. The van der Waals surface area contributed by atoms with Crippen LogP contribution in [0.4, 0.5) is 5.69 Å². The lowest BCUT2D eigenvalue weighted by Gasteiger charge is -2.26. The van der Waals surface area contributed by atoms with Crippen LogP contribution in [0.5, 0.6) is 23.0 Å². The summed E-state index contributed by atoms with van der Waals surface area (Å²) in [7, 11) is -4.01. The molecule has 9 nitrogen and oxygen atoms in total. The number of fused-ring (bicyclic) bond motifs is 2. The van der Waals surface area contributed by atoms with Crippen molar-refractivity contribution < 1.29 is 36.9 Å². The Bertz CT molecular complexity index is 1320. The van der Waals surface area contributed by atoms with E-state index in [2.05, 4.69) is 4.72 Å². The largest absolute Gasteiger partial charge is 0.486 e.